The van der Waals surface area contributed by atoms with Crippen LogP contribution in [0.15, 0.2) is 47.3 Å². The molecule has 0 unspecified atom stereocenters. The Bertz CT molecular complexity index is 873. The van der Waals surface area contributed by atoms with Crippen LogP contribution in [0.4, 0.5) is 10.1 Å². The summed E-state index contributed by atoms with van der Waals surface area (Å²) in [5.41, 5.74) is 1.97. The van der Waals surface area contributed by atoms with Gasteiger partial charge in [0.1, 0.15) is 12.4 Å². The zero-order valence-electron chi connectivity index (χ0n) is 12.9. The number of carbonyl (C=O) groups excluding carboxylic acids is 1. The van der Waals surface area contributed by atoms with Gasteiger partial charge >= 0.3 is 0 Å². The first-order valence-electron chi connectivity index (χ1n) is 7.26. The number of nitrogens with zero attached hydrogens (tertiary/aromatic N) is 4. The highest BCUT2D eigenvalue weighted by atomic mass is 79.9. The first-order chi connectivity index (χ1) is 11.5. The average Bonchev–Trinajstić information content (AvgIpc) is 3.11. The Morgan fingerprint density at radius 2 is 2.08 bits per heavy atom. The van der Waals surface area contributed by atoms with E-state index in [1.165, 1.54) is 12.3 Å². The van der Waals surface area contributed by atoms with Crippen LogP contribution in [0.3, 0.4) is 0 Å². The number of benzene rings is 1. The summed E-state index contributed by atoms with van der Waals surface area (Å²) in [6.45, 7) is 2.28. The van der Waals surface area contributed by atoms with Gasteiger partial charge in [-0.05, 0) is 28.9 Å². The van der Waals surface area contributed by atoms with Gasteiger partial charge in [-0.3, -0.25) is 14.2 Å². The number of hydrogen-bond acceptors (Lipinski definition) is 3. The van der Waals surface area contributed by atoms with Crippen LogP contribution in [-0.2, 0) is 17.9 Å². The van der Waals surface area contributed by atoms with Crippen molar-refractivity contribution in [3.63, 3.8) is 0 Å². The maximum atomic E-state index is 13.6. The summed E-state index contributed by atoms with van der Waals surface area (Å²) in [5.74, 6) is -0.488. The van der Waals surface area contributed by atoms with Gasteiger partial charge in [0.2, 0.25) is 5.91 Å². The van der Waals surface area contributed by atoms with Crippen molar-refractivity contribution in [1.82, 2.24) is 19.6 Å². The number of nitrogens with one attached hydrogen (secondary N) is 1. The van der Waals surface area contributed by atoms with Crippen molar-refractivity contribution in [1.29, 1.82) is 0 Å². The van der Waals surface area contributed by atoms with Crippen LogP contribution in [0.5, 0.6) is 0 Å². The van der Waals surface area contributed by atoms with Crippen molar-refractivity contribution in [2.75, 3.05) is 5.32 Å². The molecule has 3 rings (SSSR count). The van der Waals surface area contributed by atoms with E-state index in [1.807, 2.05) is 6.92 Å². The molecule has 6 nitrogen and oxygen atoms in total. The predicted molar refractivity (Wildman–Crippen MR) is 91.0 cm³/mol. The van der Waals surface area contributed by atoms with Gasteiger partial charge in [0.15, 0.2) is 0 Å². The Labute approximate surface area is 146 Å². The molecule has 1 N–H and O–H groups in total. The molecule has 0 atom stereocenters. The molecule has 0 fully saturated rings. The van der Waals surface area contributed by atoms with Crippen molar-refractivity contribution in [3.8, 4) is 0 Å². The number of carbonyl (C=O) groups is 1. The SMILES string of the molecule is Cc1c(Br)cnn1CC(=O)Nc1cnn(Cc2ccccc2F)c1. The second-order valence-corrected chi connectivity index (χ2v) is 6.16. The molecule has 2 heterocycles. The van der Waals surface area contributed by atoms with Gasteiger partial charge in [0.05, 0.1) is 34.8 Å². The molecule has 2 aromatic heterocycles. The van der Waals surface area contributed by atoms with Gasteiger partial charge < -0.3 is 5.32 Å². The maximum absolute atomic E-state index is 13.6. The zero-order chi connectivity index (χ0) is 17.1. The first kappa shape index (κ1) is 16.4. The third-order valence-corrected chi connectivity index (χ3v) is 4.32. The molecule has 1 aromatic carbocycles. The standard InChI is InChI=1S/C16H15BrFN5O/c1-11-14(17)7-20-23(11)10-16(24)21-13-6-19-22(9-13)8-12-4-2-3-5-15(12)18/h2-7,9H,8,10H2,1H3,(H,21,24). The fraction of sp³-hybridized carbons (Fsp3) is 0.188. The van der Waals surface area contributed by atoms with Gasteiger partial charge in [-0.15, -0.1) is 0 Å². The van der Waals surface area contributed by atoms with E-state index in [1.54, 1.807) is 40.0 Å². The highest BCUT2D eigenvalue weighted by Gasteiger charge is 2.10. The van der Waals surface area contributed by atoms with E-state index in [9.17, 15) is 9.18 Å². The molecule has 0 saturated heterocycles. The van der Waals surface area contributed by atoms with Crippen LogP contribution in [0.25, 0.3) is 0 Å². The summed E-state index contributed by atoms with van der Waals surface area (Å²) in [5, 5.41) is 11.0. The number of halogens is 2. The first-order valence-corrected chi connectivity index (χ1v) is 8.06. The van der Waals surface area contributed by atoms with Gasteiger partial charge in [-0.1, -0.05) is 18.2 Å². The van der Waals surface area contributed by atoms with Crippen LogP contribution < -0.4 is 5.32 Å². The summed E-state index contributed by atoms with van der Waals surface area (Å²) < 4.78 is 17.7. The Morgan fingerprint density at radius 3 is 2.79 bits per heavy atom. The Morgan fingerprint density at radius 1 is 1.29 bits per heavy atom. The molecule has 8 heteroatoms. The molecular weight excluding hydrogens is 377 g/mol. The minimum atomic E-state index is -0.279. The van der Waals surface area contributed by atoms with Crippen molar-refractivity contribution in [2.45, 2.75) is 20.0 Å². The molecule has 0 bridgehead atoms. The lowest BCUT2D eigenvalue weighted by Crippen LogP contribution is -2.20. The monoisotopic (exact) mass is 391 g/mol. The van der Waals surface area contributed by atoms with E-state index in [2.05, 4.69) is 31.4 Å². The molecule has 0 aliphatic heterocycles. The van der Waals surface area contributed by atoms with Gasteiger partial charge in [0, 0.05) is 11.8 Å². The van der Waals surface area contributed by atoms with Crippen molar-refractivity contribution in [3.05, 3.63) is 64.4 Å². The zero-order valence-corrected chi connectivity index (χ0v) is 14.5. The normalized spacial score (nSPS) is 10.8. The molecule has 124 valence electrons. The number of rotatable bonds is 5. The van der Waals surface area contributed by atoms with Gasteiger partial charge in [0.25, 0.3) is 0 Å². The van der Waals surface area contributed by atoms with Gasteiger partial charge in [-0.2, -0.15) is 10.2 Å². The van der Waals surface area contributed by atoms with Crippen LogP contribution in [0, 0.1) is 12.7 Å². The van der Waals surface area contributed by atoms with Crippen molar-refractivity contribution in [2.24, 2.45) is 0 Å². The second kappa shape index (κ2) is 6.96. The second-order valence-electron chi connectivity index (χ2n) is 5.30. The Balaban J connectivity index is 1.62. The van der Waals surface area contributed by atoms with E-state index in [0.29, 0.717) is 17.8 Å². The fourth-order valence-electron chi connectivity index (χ4n) is 2.24. The molecule has 1 amide bonds. The maximum Gasteiger partial charge on any atom is 0.246 e. The fourth-order valence-corrected chi connectivity index (χ4v) is 2.53. The number of anilines is 1. The van der Waals surface area contributed by atoms with Crippen LogP contribution in [-0.4, -0.2) is 25.5 Å². The number of amides is 1. The summed E-state index contributed by atoms with van der Waals surface area (Å²) >= 11 is 3.35. The minimum absolute atomic E-state index is 0.107. The molecule has 3 aromatic rings. The number of aromatic nitrogens is 4. The van der Waals surface area contributed by atoms with Crippen LogP contribution in [0.2, 0.25) is 0 Å². The van der Waals surface area contributed by atoms with E-state index in [4.69, 9.17) is 0 Å². The highest BCUT2D eigenvalue weighted by Crippen LogP contribution is 2.15. The summed E-state index contributed by atoms with van der Waals surface area (Å²) in [6, 6.07) is 6.53. The average molecular weight is 392 g/mol. The quantitative estimate of drug-likeness (QED) is 0.726. The molecule has 0 saturated carbocycles. The topological polar surface area (TPSA) is 64.7 Å². The predicted octanol–water partition coefficient (Wildman–Crippen LogP) is 2.98. The third kappa shape index (κ3) is 3.70. The van der Waals surface area contributed by atoms with Crippen molar-refractivity contribution >= 4 is 27.5 Å². The molecule has 0 spiro atoms. The molecule has 0 radical (unpaired) electrons. The number of hydrogen-bond donors (Lipinski definition) is 1. The molecule has 0 aliphatic rings. The lowest BCUT2D eigenvalue weighted by Gasteiger charge is -2.05. The summed E-state index contributed by atoms with van der Waals surface area (Å²) in [6.07, 6.45) is 4.84. The highest BCUT2D eigenvalue weighted by molar-refractivity contribution is 9.10. The largest absolute Gasteiger partial charge is 0.322 e. The third-order valence-electron chi connectivity index (χ3n) is 3.54. The summed E-state index contributed by atoms with van der Waals surface area (Å²) in [4.78, 5) is 12.1. The minimum Gasteiger partial charge on any atom is -0.322 e. The van der Waals surface area contributed by atoms with E-state index in [0.717, 1.165) is 10.2 Å². The van der Waals surface area contributed by atoms with Gasteiger partial charge in [-0.25, -0.2) is 4.39 Å². The molecule has 0 aliphatic carbocycles. The Hall–Kier alpha value is -2.48. The molecular formula is C16H15BrFN5O. The Kier molecular flexibility index (Phi) is 4.75. The smallest absolute Gasteiger partial charge is 0.246 e. The van der Waals surface area contributed by atoms with Crippen molar-refractivity contribution < 1.29 is 9.18 Å². The van der Waals surface area contributed by atoms with E-state index < -0.39 is 0 Å². The van der Waals surface area contributed by atoms with Crippen LogP contribution in [0.1, 0.15) is 11.3 Å². The van der Waals surface area contributed by atoms with Crippen LogP contribution >= 0.6 is 15.9 Å². The lowest BCUT2D eigenvalue weighted by molar-refractivity contribution is -0.116. The summed E-state index contributed by atoms with van der Waals surface area (Å²) in [7, 11) is 0. The lowest BCUT2D eigenvalue weighted by atomic mass is 10.2. The molecule has 24 heavy (non-hydrogen) atoms. The van der Waals surface area contributed by atoms with E-state index >= 15 is 0 Å². The van der Waals surface area contributed by atoms with E-state index in [-0.39, 0.29) is 18.3 Å².